The summed E-state index contributed by atoms with van der Waals surface area (Å²) in [5.41, 5.74) is 8.50. The van der Waals surface area contributed by atoms with Crippen LogP contribution in [0.4, 0.5) is 4.39 Å². The number of likely N-dealkylation sites (N-methyl/N-ethyl adjacent to an activating group) is 1. The lowest BCUT2D eigenvalue weighted by Crippen LogP contribution is -2.25. The van der Waals surface area contributed by atoms with Gasteiger partial charge in [-0.3, -0.25) is 0 Å². The maximum atomic E-state index is 12.9. The van der Waals surface area contributed by atoms with Crippen LogP contribution in [-0.2, 0) is 6.42 Å². The Bertz CT molecular complexity index is 525. The Kier molecular flexibility index (Phi) is 5.90. The van der Waals surface area contributed by atoms with Crippen LogP contribution >= 0.6 is 0 Å². The van der Waals surface area contributed by atoms with Crippen molar-refractivity contribution in [1.82, 2.24) is 4.90 Å². The molecule has 2 aromatic rings. The van der Waals surface area contributed by atoms with Crippen molar-refractivity contribution in [3.05, 3.63) is 71.5 Å². The van der Waals surface area contributed by atoms with E-state index in [9.17, 15) is 4.39 Å². The van der Waals surface area contributed by atoms with Crippen LogP contribution in [0, 0.1) is 5.82 Å². The minimum absolute atomic E-state index is 0.0372. The molecule has 0 aliphatic rings. The highest BCUT2D eigenvalue weighted by molar-refractivity contribution is 5.19. The van der Waals surface area contributed by atoms with Crippen molar-refractivity contribution in [3.8, 4) is 0 Å². The molecule has 1 unspecified atom stereocenters. The molecule has 0 fully saturated rings. The number of benzene rings is 2. The van der Waals surface area contributed by atoms with Gasteiger partial charge < -0.3 is 10.6 Å². The molecule has 0 heterocycles. The van der Waals surface area contributed by atoms with E-state index in [2.05, 4.69) is 36.2 Å². The van der Waals surface area contributed by atoms with E-state index in [1.807, 2.05) is 6.07 Å². The summed E-state index contributed by atoms with van der Waals surface area (Å²) in [7, 11) is 2.11. The second-order valence-corrected chi connectivity index (χ2v) is 5.49. The fourth-order valence-corrected chi connectivity index (χ4v) is 2.31. The number of nitrogens with zero attached hydrogens (tertiary/aromatic N) is 1. The molecule has 0 amide bonds. The molecule has 0 bridgehead atoms. The number of hydrogen-bond acceptors (Lipinski definition) is 2. The highest BCUT2D eigenvalue weighted by Crippen LogP contribution is 2.14. The Hall–Kier alpha value is -1.71. The monoisotopic (exact) mass is 286 g/mol. The Morgan fingerprint density at radius 2 is 1.67 bits per heavy atom. The van der Waals surface area contributed by atoms with E-state index < -0.39 is 0 Å². The number of rotatable bonds is 7. The van der Waals surface area contributed by atoms with Crippen LogP contribution in [0.25, 0.3) is 0 Å². The van der Waals surface area contributed by atoms with Gasteiger partial charge >= 0.3 is 0 Å². The Morgan fingerprint density at radius 1 is 1.00 bits per heavy atom. The molecule has 0 aromatic heterocycles. The molecular weight excluding hydrogens is 263 g/mol. The van der Waals surface area contributed by atoms with Crippen molar-refractivity contribution < 1.29 is 4.39 Å². The molecule has 2 aromatic carbocycles. The molecule has 3 heteroatoms. The standard InChI is InChI=1S/C18H23FN2/c1-21(13-11-15-5-3-2-4-6-15)14-12-18(20)16-7-9-17(19)10-8-16/h2-10,18H,11-14,20H2,1H3. The maximum absolute atomic E-state index is 12.9. The highest BCUT2D eigenvalue weighted by atomic mass is 19.1. The zero-order valence-corrected chi connectivity index (χ0v) is 12.5. The van der Waals surface area contributed by atoms with Crippen LogP contribution in [0.5, 0.6) is 0 Å². The minimum Gasteiger partial charge on any atom is -0.324 e. The molecule has 0 aliphatic heterocycles. The Morgan fingerprint density at radius 3 is 2.33 bits per heavy atom. The molecule has 0 saturated heterocycles. The van der Waals surface area contributed by atoms with Gasteiger partial charge in [0.15, 0.2) is 0 Å². The molecule has 112 valence electrons. The first-order valence-corrected chi connectivity index (χ1v) is 7.38. The average molecular weight is 286 g/mol. The summed E-state index contributed by atoms with van der Waals surface area (Å²) in [4.78, 5) is 2.29. The molecule has 1 atom stereocenters. The summed E-state index contributed by atoms with van der Waals surface area (Å²) in [5.74, 6) is -0.217. The predicted molar refractivity (Wildman–Crippen MR) is 85.6 cm³/mol. The van der Waals surface area contributed by atoms with Gasteiger partial charge in [0, 0.05) is 12.6 Å². The first-order valence-electron chi connectivity index (χ1n) is 7.38. The first kappa shape index (κ1) is 15.7. The van der Waals surface area contributed by atoms with Gasteiger partial charge in [-0.25, -0.2) is 4.39 Å². The van der Waals surface area contributed by atoms with E-state index in [1.165, 1.54) is 17.7 Å². The van der Waals surface area contributed by atoms with E-state index in [1.54, 1.807) is 12.1 Å². The van der Waals surface area contributed by atoms with Gasteiger partial charge in [-0.15, -0.1) is 0 Å². The normalized spacial score (nSPS) is 12.6. The minimum atomic E-state index is -0.217. The number of hydrogen-bond donors (Lipinski definition) is 1. The molecule has 2 rings (SSSR count). The smallest absolute Gasteiger partial charge is 0.123 e. The molecule has 21 heavy (non-hydrogen) atoms. The van der Waals surface area contributed by atoms with Crippen molar-refractivity contribution in [2.75, 3.05) is 20.1 Å². The number of nitrogens with two attached hydrogens (primary N) is 1. The van der Waals surface area contributed by atoms with Crippen LogP contribution in [0.1, 0.15) is 23.6 Å². The first-order chi connectivity index (χ1) is 10.1. The Labute approximate surface area is 126 Å². The quantitative estimate of drug-likeness (QED) is 0.845. The van der Waals surface area contributed by atoms with Gasteiger partial charge in [0.2, 0.25) is 0 Å². The van der Waals surface area contributed by atoms with E-state index in [4.69, 9.17) is 5.73 Å². The molecule has 0 spiro atoms. The summed E-state index contributed by atoms with van der Waals surface area (Å²) in [6, 6.07) is 16.9. The van der Waals surface area contributed by atoms with E-state index in [0.717, 1.165) is 31.5 Å². The summed E-state index contributed by atoms with van der Waals surface area (Å²) in [6.07, 6.45) is 1.92. The third kappa shape index (κ3) is 5.29. The van der Waals surface area contributed by atoms with Gasteiger partial charge in [-0.05, 0) is 49.7 Å². The number of halogens is 1. The SMILES string of the molecule is CN(CCc1ccccc1)CCC(N)c1ccc(F)cc1. The largest absolute Gasteiger partial charge is 0.324 e. The lowest BCUT2D eigenvalue weighted by atomic mass is 10.0. The van der Waals surface area contributed by atoms with E-state index in [-0.39, 0.29) is 11.9 Å². The molecule has 0 aliphatic carbocycles. The fraction of sp³-hybridized carbons (Fsp3) is 0.333. The van der Waals surface area contributed by atoms with Gasteiger partial charge in [-0.2, -0.15) is 0 Å². The van der Waals surface area contributed by atoms with Crippen LogP contribution in [0.2, 0.25) is 0 Å². The zero-order chi connectivity index (χ0) is 15.1. The lowest BCUT2D eigenvalue weighted by Gasteiger charge is -2.19. The van der Waals surface area contributed by atoms with E-state index >= 15 is 0 Å². The van der Waals surface area contributed by atoms with Crippen molar-refractivity contribution in [2.45, 2.75) is 18.9 Å². The van der Waals surface area contributed by atoms with Gasteiger partial charge in [-0.1, -0.05) is 42.5 Å². The summed E-state index contributed by atoms with van der Waals surface area (Å²) in [5, 5.41) is 0. The summed E-state index contributed by atoms with van der Waals surface area (Å²) >= 11 is 0. The van der Waals surface area contributed by atoms with Gasteiger partial charge in [0.1, 0.15) is 5.82 Å². The second kappa shape index (κ2) is 7.91. The van der Waals surface area contributed by atoms with Crippen molar-refractivity contribution in [2.24, 2.45) is 5.73 Å². The summed E-state index contributed by atoms with van der Waals surface area (Å²) < 4.78 is 12.9. The molecular formula is C18H23FN2. The fourth-order valence-electron chi connectivity index (χ4n) is 2.31. The van der Waals surface area contributed by atoms with Crippen LogP contribution in [0.15, 0.2) is 54.6 Å². The molecule has 2 nitrogen and oxygen atoms in total. The van der Waals surface area contributed by atoms with Gasteiger partial charge in [0.05, 0.1) is 0 Å². The van der Waals surface area contributed by atoms with Gasteiger partial charge in [0.25, 0.3) is 0 Å². The maximum Gasteiger partial charge on any atom is 0.123 e. The van der Waals surface area contributed by atoms with E-state index in [0.29, 0.717) is 0 Å². The third-order valence-electron chi connectivity index (χ3n) is 3.75. The third-order valence-corrected chi connectivity index (χ3v) is 3.75. The molecule has 0 radical (unpaired) electrons. The Balaban J connectivity index is 1.73. The lowest BCUT2D eigenvalue weighted by molar-refractivity contribution is 0.322. The van der Waals surface area contributed by atoms with Crippen molar-refractivity contribution in [1.29, 1.82) is 0 Å². The summed E-state index contributed by atoms with van der Waals surface area (Å²) in [6.45, 7) is 1.95. The second-order valence-electron chi connectivity index (χ2n) is 5.49. The highest BCUT2D eigenvalue weighted by Gasteiger charge is 2.08. The van der Waals surface area contributed by atoms with Crippen LogP contribution in [0.3, 0.4) is 0 Å². The molecule has 0 saturated carbocycles. The van der Waals surface area contributed by atoms with Crippen molar-refractivity contribution in [3.63, 3.8) is 0 Å². The van der Waals surface area contributed by atoms with Crippen molar-refractivity contribution >= 4 is 0 Å². The molecule has 2 N–H and O–H groups in total. The topological polar surface area (TPSA) is 29.3 Å². The van der Waals surface area contributed by atoms with Crippen LogP contribution < -0.4 is 5.73 Å². The average Bonchev–Trinajstić information content (AvgIpc) is 2.52. The van der Waals surface area contributed by atoms with Crippen LogP contribution in [-0.4, -0.2) is 25.0 Å². The zero-order valence-electron chi connectivity index (χ0n) is 12.5. The predicted octanol–water partition coefficient (Wildman–Crippen LogP) is 3.39.